The first-order chi connectivity index (χ1) is 12.1. The standard InChI is InChI=1S/C19H20N2O4/c22-17(20-15-8-3-1-4-9-15)12-7-13-19(24)25-14-18(23)21-16-10-5-2-6-11-16/h1-6,8-11H,7,12-14H2,(H,20,22)(H,21,23). The molecular formula is C19H20N2O4. The average molecular weight is 340 g/mol. The van der Waals surface area contributed by atoms with Crippen LogP contribution in [0.5, 0.6) is 0 Å². The Kier molecular flexibility index (Phi) is 7.18. The smallest absolute Gasteiger partial charge is 0.306 e. The number of rotatable bonds is 8. The van der Waals surface area contributed by atoms with Crippen LogP contribution in [0.25, 0.3) is 0 Å². The van der Waals surface area contributed by atoms with Gasteiger partial charge in [-0.15, -0.1) is 0 Å². The predicted octanol–water partition coefficient (Wildman–Crippen LogP) is 2.98. The Balaban J connectivity index is 1.59. The fraction of sp³-hybridized carbons (Fsp3) is 0.211. The second-order valence-corrected chi connectivity index (χ2v) is 5.34. The number of hydrogen-bond acceptors (Lipinski definition) is 4. The zero-order valence-electron chi connectivity index (χ0n) is 13.7. The summed E-state index contributed by atoms with van der Waals surface area (Å²) in [6.45, 7) is -0.343. The molecule has 0 saturated heterocycles. The quantitative estimate of drug-likeness (QED) is 0.724. The lowest BCUT2D eigenvalue weighted by Crippen LogP contribution is -2.21. The zero-order valence-corrected chi connectivity index (χ0v) is 13.7. The number of nitrogens with one attached hydrogen (secondary N) is 2. The van der Waals surface area contributed by atoms with Crippen LogP contribution in [0.4, 0.5) is 11.4 Å². The van der Waals surface area contributed by atoms with Gasteiger partial charge in [0.25, 0.3) is 5.91 Å². The van der Waals surface area contributed by atoms with Gasteiger partial charge in [0.05, 0.1) is 0 Å². The van der Waals surface area contributed by atoms with Gasteiger partial charge in [-0.2, -0.15) is 0 Å². The van der Waals surface area contributed by atoms with Gasteiger partial charge in [-0.1, -0.05) is 36.4 Å². The van der Waals surface area contributed by atoms with Gasteiger partial charge >= 0.3 is 5.97 Å². The molecule has 2 rings (SSSR count). The van der Waals surface area contributed by atoms with E-state index in [1.165, 1.54) is 0 Å². The van der Waals surface area contributed by atoms with Gasteiger partial charge in [-0.25, -0.2) is 0 Å². The fourth-order valence-corrected chi connectivity index (χ4v) is 2.08. The van der Waals surface area contributed by atoms with E-state index in [0.29, 0.717) is 17.8 Å². The van der Waals surface area contributed by atoms with Crippen molar-refractivity contribution < 1.29 is 19.1 Å². The van der Waals surface area contributed by atoms with E-state index in [0.717, 1.165) is 0 Å². The third-order valence-corrected chi connectivity index (χ3v) is 3.26. The molecule has 130 valence electrons. The molecule has 0 spiro atoms. The van der Waals surface area contributed by atoms with E-state index < -0.39 is 11.9 Å². The van der Waals surface area contributed by atoms with Crippen LogP contribution in [-0.2, 0) is 19.1 Å². The van der Waals surface area contributed by atoms with E-state index >= 15 is 0 Å². The van der Waals surface area contributed by atoms with Crippen molar-refractivity contribution in [1.29, 1.82) is 0 Å². The molecule has 2 N–H and O–H groups in total. The Labute approximate surface area is 146 Å². The lowest BCUT2D eigenvalue weighted by Gasteiger charge is -2.07. The molecule has 0 saturated carbocycles. The van der Waals surface area contributed by atoms with E-state index in [1.54, 1.807) is 36.4 Å². The van der Waals surface area contributed by atoms with E-state index in [9.17, 15) is 14.4 Å². The van der Waals surface area contributed by atoms with Gasteiger partial charge < -0.3 is 15.4 Å². The molecule has 0 aliphatic heterocycles. The Morgan fingerprint density at radius 3 is 1.80 bits per heavy atom. The number of ether oxygens (including phenoxy) is 1. The molecule has 0 atom stereocenters. The summed E-state index contributed by atoms with van der Waals surface area (Å²) in [5.41, 5.74) is 1.36. The monoisotopic (exact) mass is 340 g/mol. The van der Waals surface area contributed by atoms with Crippen molar-refractivity contribution in [2.45, 2.75) is 19.3 Å². The number of hydrogen-bond donors (Lipinski definition) is 2. The van der Waals surface area contributed by atoms with E-state index in [4.69, 9.17) is 4.74 Å². The van der Waals surface area contributed by atoms with E-state index in [-0.39, 0.29) is 25.4 Å². The molecule has 0 radical (unpaired) electrons. The van der Waals surface area contributed by atoms with Crippen LogP contribution in [0, 0.1) is 0 Å². The third kappa shape index (κ3) is 7.30. The first-order valence-corrected chi connectivity index (χ1v) is 7.99. The molecule has 0 aliphatic carbocycles. The first kappa shape index (κ1) is 18.2. The normalized spacial score (nSPS) is 9.92. The largest absolute Gasteiger partial charge is 0.456 e. The van der Waals surface area contributed by atoms with Crippen LogP contribution in [0.15, 0.2) is 60.7 Å². The molecule has 0 fully saturated rings. The summed E-state index contributed by atoms with van der Waals surface area (Å²) >= 11 is 0. The molecule has 6 nitrogen and oxygen atoms in total. The molecule has 25 heavy (non-hydrogen) atoms. The topological polar surface area (TPSA) is 84.5 Å². The molecule has 0 aliphatic rings. The second kappa shape index (κ2) is 9.87. The first-order valence-electron chi connectivity index (χ1n) is 7.99. The van der Waals surface area contributed by atoms with Gasteiger partial charge in [0.1, 0.15) is 0 Å². The number of carbonyl (C=O) groups excluding carboxylic acids is 3. The molecule has 6 heteroatoms. The Morgan fingerprint density at radius 1 is 0.720 bits per heavy atom. The molecule has 0 unspecified atom stereocenters. The van der Waals surface area contributed by atoms with Gasteiger partial charge in [-0.3, -0.25) is 14.4 Å². The minimum Gasteiger partial charge on any atom is -0.456 e. The minimum atomic E-state index is -0.504. The molecule has 2 aromatic rings. The summed E-state index contributed by atoms with van der Waals surface area (Å²) in [7, 11) is 0. The van der Waals surface area contributed by atoms with Crippen molar-refractivity contribution >= 4 is 29.2 Å². The maximum atomic E-state index is 11.7. The van der Waals surface area contributed by atoms with Crippen molar-refractivity contribution in [2.75, 3.05) is 17.2 Å². The highest BCUT2D eigenvalue weighted by molar-refractivity contribution is 5.93. The molecule has 0 bridgehead atoms. The van der Waals surface area contributed by atoms with Crippen molar-refractivity contribution in [3.8, 4) is 0 Å². The van der Waals surface area contributed by atoms with Gasteiger partial charge in [0.15, 0.2) is 6.61 Å². The van der Waals surface area contributed by atoms with Crippen LogP contribution in [0.1, 0.15) is 19.3 Å². The highest BCUT2D eigenvalue weighted by Crippen LogP contribution is 2.07. The van der Waals surface area contributed by atoms with Crippen LogP contribution < -0.4 is 10.6 Å². The number of para-hydroxylation sites is 2. The lowest BCUT2D eigenvalue weighted by atomic mass is 10.2. The van der Waals surface area contributed by atoms with Gasteiger partial charge in [-0.05, 0) is 30.7 Å². The van der Waals surface area contributed by atoms with Gasteiger partial charge in [0.2, 0.25) is 5.91 Å². The summed E-state index contributed by atoms with van der Waals surface area (Å²) in [4.78, 5) is 35.0. The summed E-state index contributed by atoms with van der Waals surface area (Å²) in [6.07, 6.45) is 0.652. The zero-order chi connectivity index (χ0) is 17.9. The molecule has 0 aromatic heterocycles. The van der Waals surface area contributed by atoms with Gasteiger partial charge in [0, 0.05) is 24.2 Å². The summed E-state index contributed by atoms with van der Waals surface area (Å²) in [6, 6.07) is 18.0. The lowest BCUT2D eigenvalue weighted by molar-refractivity contribution is -0.147. The number of benzene rings is 2. The minimum absolute atomic E-state index is 0.0842. The van der Waals surface area contributed by atoms with Crippen molar-refractivity contribution in [3.05, 3.63) is 60.7 Å². The van der Waals surface area contributed by atoms with Crippen LogP contribution in [-0.4, -0.2) is 24.4 Å². The average Bonchev–Trinajstić information content (AvgIpc) is 2.62. The second-order valence-electron chi connectivity index (χ2n) is 5.34. The maximum Gasteiger partial charge on any atom is 0.306 e. The molecule has 0 heterocycles. The number of amides is 2. The highest BCUT2D eigenvalue weighted by atomic mass is 16.5. The van der Waals surface area contributed by atoms with Crippen LogP contribution in [0.2, 0.25) is 0 Å². The van der Waals surface area contributed by atoms with Crippen molar-refractivity contribution in [1.82, 2.24) is 0 Å². The SMILES string of the molecule is O=C(CCCC(=O)OCC(=O)Nc1ccccc1)Nc1ccccc1. The predicted molar refractivity (Wildman–Crippen MR) is 95.0 cm³/mol. The Hall–Kier alpha value is -3.15. The summed E-state index contributed by atoms with van der Waals surface area (Å²) in [5.74, 6) is -1.07. The highest BCUT2D eigenvalue weighted by Gasteiger charge is 2.09. The third-order valence-electron chi connectivity index (χ3n) is 3.26. The van der Waals surface area contributed by atoms with Crippen molar-refractivity contribution in [2.24, 2.45) is 0 Å². The van der Waals surface area contributed by atoms with Crippen molar-refractivity contribution in [3.63, 3.8) is 0 Å². The summed E-state index contributed by atoms with van der Waals surface area (Å²) in [5, 5.41) is 5.36. The Bertz CT molecular complexity index is 702. The van der Waals surface area contributed by atoms with E-state index in [2.05, 4.69) is 10.6 Å². The van der Waals surface area contributed by atoms with Crippen LogP contribution >= 0.6 is 0 Å². The molecule has 2 amide bonds. The molecular weight excluding hydrogens is 320 g/mol. The maximum absolute atomic E-state index is 11.7. The van der Waals surface area contributed by atoms with E-state index in [1.807, 2.05) is 24.3 Å². The number of anilines is 2. The number of carbonyl (C=O) groups is 3. The summed E-state index contributed by atoms with van der Waals surface area (Å²) < 4.78 is 4.89. The fourth-order valence-electron chi connectivity index (χ4n) is 2.08. The Morgan fingerprint density at radius 2 is 1.24 bits per heavy atom. The van der Waals surface area contributed by atoms with Crippen LogP contribution in [0.3, 0.4) is 0 Å². The number of esters is 1. The molecule has 2 aromatic carbocycles.